The number of para-hydroxylation sites is 2. The van der Waals surface area contributed by atoms with Crippen molar-refractivity contribution in [1.82, 2.24) is 62.1 Å². The van der Waals surface area contributed by atoms with Crippen LogP contribution in [-0.2, 0) is 83.2 Å². The van der Waals surface area contributed by atoms with Gasteiger partial charge < -0.3 is 74.3 Å². The molecule has 3 saturated heterocycles. The lowest BCUT2D eigenvalue weighted by molar-refractivity contribution is -0.141. The molecule has 8 amide bonds. The third-order valence-electron chi connectivity index (χ3n) is 20.8. The molecule has 0 aliphatic carbocycles. The van der Waals surface area contributed by atoms with Gasteiger partial charge in [-0.15, -0.1) is 11.8 Å². The minimum Gasteiger partial charge on any atom is -0.361 e. The number of nitrogens with two attached hydrogens (primary N) is 3. The number of hydrogen-bond acceptors (Lipinski definition) is 20. The van der Waals surface area contributed by atoms with Gasteiger partial charge in [-0.25, -0.2) is 4.98 Å². The third-order valence-corrected chi connectivity index (χ3v) is 24.3. The third kappa shape index (κ3) is 23.4. The van der Waals surface area contributed by atoms with Crippen molar-refractivity contribution in [3.05, 3.63) is 138 Å². The summed E-state index contributed by atoms with van der Waals surface area (Å²) < 4.78 is 0. The number of allylic oxidation sites excluding steroid dienone is 1. The molecule has 3 aromatic carbocycles. The summed E-state index contributed by atoms with van der Waals surface area (Å²) in [7, 11) is 2.21. The van der Waals surface area contributed by atoms with Gasteiger partial charge in [0.25, 0.3) is 0 Å². The van der Waals surface area contributed by atoms with E-state index in [1.165, 1.54) is 29.2 Å². The lowest BCUT2D eigenvalue weighted by Gasteiger charge is -2.30. The van der Waals surface area contributed by atoms with Crippen molar-refractivity contribution < 1.29 is 57.5 Å². The number of imidazole rings is 1. The van der Waals surface area contributed by atoms with Crippen molar-refractivity contribution in [2.75, 3.05) is 42.8 Å². The van der Waals surface area contributed by atoms with Crippen LogP contribution in [0.25, 0.3) is 21.8 Å². The summed E-state index contributed by atoms with van der Waals surface area (Å²) in [6, 6.07) is 12.8. The summed E-state index contributed by atoms with van der Waals surface area (Å²) in [5.74, 6) is -12.5. The van der Waals surface area contributed by atoms with Crippen LogP contribution >= 0.6 is 33.3 Å². The molecule has 3 aromatic heterocycles. The number of carbonyl (C=O) groups excluding carboxylic acids is 12. The number of carbonyl (C=O) groups is 12. The molecule has 588 valence electrons. The van der Waals surface area contributed by atoms with Crippen molar-refractivity contribution in [2.24, 2.45) is 45.9 Å². The average Bonchev–Trinajstić information content (AvgIpc) is 1.65. The molecular formula is C79H102N16O12S3. The molecular weight excluding hydrogens is 1460 g/mol. The van der Waals surface area contributed by atoms with Crippen LogP contribution in [-0.4, -0.2) is 193 Å². The fraction of sp³-hybridized carbons (Fsp3) is 0.494. The molecule has 110 heavy (non-hydrogen) atoms. The summed E-state index contributed by atoms with van der Waals surface area (Å²) in [6.45, 7) is 2.41. The fourth-order valence-corrected chi connectivity index (χ4v) is 18.0. The minimum atomic E-state index is -1.49. The summed E-state index contributed by atoms with van der Waals surface area (Å²) in [4.78, 5) is 203. The van der Waals surface area contributed by atoms with Crippen molar-refractivity contribution in [1.29, 1.82) is 0 Å². The molecule has 0 radical (unpaired) electrons. The number of nitrogens with zero attached hydrogens (tertiary/aromatic N) is 3. The number of benzene rings is 3. The van der Waals surface area contributed by atoms with Gasteiger partial charge in [0.1, 0.15) is 59.6 Å². The highest BCUT2D eigenvalue weighted by Crippen LogP contribution is 2.34. The molecule has 0 spiro atoms. The van der Waals surface area contributed by atoms with E-state index in [2.05, 4.69) is 62.1 Å². The Balaban J connectivity index is 1.09. The number of Topliss-reactive ketones (excluding diaryl/α,β-unsaturated/α-hetero) is 4. The Labute approximate surface area is 651 Å². The van der Waals surface area contributed by atoms with E-state index in [4.69, 9.17) is 17.2 Å². The van der Waals surface area contributed by atoms with Gasteiger partial charge in [-0.3, -0.25) is 62.5 Å². The molecule has 3 fully saturated rings. The topological polar surface area (TPSA) is 443 Å². The van der Waals surface area contributed by atoms with Gasteiger partial charge in [-0.05, 0) is 106 Å². The first-order valence-electron chi connectivity index (χ1n) is 38.1. The monoisotopic (exact) mass is 1560 g/mol. The highest BCUT2D eigenvalue weighted by Gasteiger charge is 2.43. The van der Waals surface area contributed by atoms with Crippen LogP contribution in [0.1, 0.15) is 126 Å². The Bertz CT molecular complexity index is 4260. The first-order valence-corrected chi connectivity index (χ1v) is 41.7. The number of hydrogen-bond donors (Lipinski definition) is 13. The number of unbranched alkanes of at least 4 members (excludes halogenated alkanes) is 3. The number of H-pyrrole nitrogens is 3. The Morgan fingerprint density at radius 1 is 0.473 bits per heavy atom. The molecule has 7 heterocycles. The molecule has 4 aliphatic heterocycles. The van der Waals surface area contributed by atoms with Gasteiger partial charge in [0.05, 0.1) is 18.2 Å². The number of fused-ring (bicyclic) bond motifs is 8. The van der Waals surface area contributed by atoms with E-state index >= 15 is 43.2 Å². The van der Waals surface area contributed by atoms with Crippen LogP contribution in [0.4, 0.5) is 0 Å². The van der Waals surface area contributed by atoms with E-state index in [9.17, 15) is 14.4 Å². The van der Waals surface area contributed by atoms with Crippen molar-refractivity contribution in [2.45, 2.75) is 177 Å². The van der Waals surface area contributed by atoms with E-state index in [0.717, 1.165) is 43.4 Å². The Hall–Kier alpha value is -9.27. The summed E-state index contributed by atoms with van der Waals surface area (Å²) in [5, 5.41) is 21.9. The van der Waals surface area contributed by atoms with Gasteiger partial charge in [-0.2, -0.15) is 0 Å². The van der Waals surface area contributed by atoms with Crippen LogP contribution in [0.3, 0.4) is 0 Å². The molecule has 12 atom stereocenters. The zero-order chi connectivity index (χ0) is 78.1. The number of ketones is 4. The van der Waals surface area contributed by atoms with E-state index in [1.54, 1.807) is 55.9 Å². The standard InChI is InChI=1S/C79H102N16O12S3/c1-47-30-69(97)53-36-70(98)50(32-51-39-85-58-22-7-5-20-56(51)58)35-71(99)62(37-54-19-15-29-84-54)90-75(103)63(31-48-16-3-2-4-17-48)91-77(105)65(38-55-41-83-45-87-55)93-78(106)67-44-108-46-95(67)79(107)66(43-110-109-42-53)94-76(104)64(33-52-40-86-59-23-8-6-21-57(52)59)92-74(102)61(25-11-14-28-82)89-73(101)60(24-10-13-27-81)88-72(100)49(34-68(47)96)18-9-12-26-80/h2-8,16-17,19-23,29,39-41,45,47,49-50,53,60-67,85-86H,9-15,18,24-28,30-38,42-44,46,80-82H2,1H3,(H,83,87)(H,88,100)(H,89,101)(H,90,103)(H,91,105)(H,92,102)(H,93,106)(H,94,104)/t47-,49-,50-,53+,60+,61+,62+,63-,64+,65+,66+,67+/m1/s1. The maximum atomic E-state index is 15.8. The van der Waals surface area contributed by atoms with Crippen molar-refractivity contribution in [3.8, 4) is 0 Å². The van der Waals surface area contributed by atoms with Crippen molar-refractivity contribution in [3.63, 3.8) is 0 Å². The summed E-state index contributed by atoms with van der Waals surface area (Å²) in [5.41, 5.74) is 22.2. The lowest BCUT2D eigenvalue weighted by Crippen LogP contribution is -2.61. The Morgan fingerprint density at radius 3 is 1.65 bits per heavy atom. The van der Waals surface area contributed by atoms with E-state index in [-0.39, 0.29) is 100 Å². The predicted octanol–water partition coefficient (Wildman–Crippen LogP) is 4.80. The Morgan fingerprint density at radius 2 is 1.02 bits per heavy atom. The van der Waals surface area contributed by atoms with E-state index in [1.807, 2.05) is 54.6 Å². The summed E-state index contributed by atoms with van der Waals surface area (Å²) in [6.07, 6.45) is 11.2. The molecule has 6 aromatic rings. The smallest absolute Gasteiger partial charge is 0.247 e. The summed E-state index contributed by atoms with van der Waals surface area (Å²) >= 11 is 1.25. The second-order valence-electron chi connectivity index (χ2n) is 28.9. The predicted molar refractivity (Wildman–Crippen MR) is 425 cm³/mol. The zero-order valence-electron chi connectivity index (χ0n) is 62.0. The molecule has 2 bridgehead atoms. The maximum Gasteiger partial charge on any atom is 0.247 e. The molecule has 31 heteroatoms. The number of aromatic nitrogens is 4. The number of nitrogens with one attached hydrogen (secondary N) is 10. The number of aliphatic imine (C=N–C) groups is 1. The molecule has 0 unspecified atom stereocenters. The minimum absolute atomic E-state index is 0.00301. The van der Waals surface area contributed by atoms with Crippen LogP contribution in [0.15, 0.2) is 121 Å². The van der Waals surface area contributed by atoms with Crippen LogP contribution in [0, 0.1) is 23.7 Å². The molecule has 4 aliphatic rings. The fourth-order valence-electron chi connectivity index (χ4n) is 14.4. The Kier molecular flexibility index (Phi) is 31.5. The molecule has 16 N–H and O–H groups in total. The highest BCUT2D eigenvalue weighted by atomic mass is 33.1. The maximum absolute atomic E-state index is 15.8. The van der Waals surface area contributed by atoms with Gasteiger partial charge in [0.15, 0.2) is 5.78 Å². The second-order valence-corrected chi connectivity index (χ2v) is 32.4. The highest BCUT2D eigenvalue weighted by molar-refractivity contribution is 8.76. The molecule has 10 rings (SSSR count). The van der Waals surface area contributed by atoms with Gasteiger partial charge in [0, 0.05) is 157 Å². The van der Waals surface area contributed by atoms with Gasteiger partial charge in [-0.1, -0.05) is 108 Å². The van der Waals surface area contributed by atoms with Crippen LogP contribution < -0.4 is 54.4 Å². The van der Waals surface area contributed by atoms with Crippen LogP contribution in [0.5, 0.6) is 0 Å². The first-order chi connectivity index (χ1) is 53.3. The zero-order valence-corrected chi connectivity index (χ0v) is 64.4. The van der Waals surface area contributed by atoms with Crippen LogP contribution in [0.2, 0.25) is 0 Å². The number of rotatable bonds is 22. The number of thioether (sulfide) groups is 1. The molecule has 0 saturated carbocycles. The second kappa shape index (κ2) is 41.7. The van der Waals surface area contributed by atoms with Crippen molar-refractivity contribution >= 4 is 132 Å². The normalized spacial score (nSPS) is 25.5. The van der Waals surface area contributed by atoms with Gasteiger partial charge >= 0.3 is 0 Å². The quantitative estimate of drug-likeness (QED) is 0.0320. The van der Waals surface area contributed by atoms with Gasteiger partial charge in [0.2, 0.25) is 47.3 Å². The number of amides is 8. The largest absolute Gasteiger partial charge is 0.361 e. The SMILES string of the molecule is C[C@@H]1CC(=O)[C@@H]2CSSC[C@H](NC(=O)[C@H](Cc3c[nH]c4ccccc34)NC(=O)[C@H](CCCCN)NC(=O)[C@H](CCCCN)NC(=O)[C@H](CCCCN)CC1=O)C(=O)N1CSC[C@H]1C(=O)N[C@@H](Cc1cnc[nH]1)C(=O)N[C@H](Cc1ccccc1)C(=O)N[C@@H](CC1=CCC=N1)C(=O)C[C@@H](Cc1c[nH]c3ccccc13)C(=O)C2. The average molecular weight is 1560 g/mol. The number of aromatic amines is 3. The lowest BCUT2D eigenvalue weighted by atomic mass is 9.82. The molecule has 28 nitrogen and oxygen atoms in total. The van der Waals surface area contributed by atoms with E-state index in [0.29, 0.717) is 79.6 Å². The first kappa shape index (κ1) is 83.2. The van der Waals surface area contributed by atoms with E-state index < -0.39 is 155 Å².